The summed E-state index contributed by atoms with van der Waals surface area (Å²) >= 11 is 0. The van der Waals surface area contributed by atoms with Gasteiger partial charge in [-0.3, -0.25) is 10.1 Å². The maximum atomic E-state index is 11.8. The number of hydrogen-bond donors (Lipinski definition) is 3. The number of imide groups is 1. The minimum Gasteiger partial charge on any atom is -0.507 e. The molecular weight excluding hydrogens is 288 g/mol. The Kier molecular flexibility index (Phi) is 6.37. The summed E-state index contributed by atoms with van der Waals surface area (Å²) in [6, 6.07) is 3.74. The molecule has 0 aromatic heterocycles. The SMILES string of the molecule is CC[C@H](C)NC(=O)NC(=O)COC(=O)c1cc(C)ccc1O. The normalized spacial score (nSPS) is 11.4. The van der Waals surface area contributed by atoms with E-state index in [0.717, 1.165) is 12.0 Å². The number of carbonyl (C=O) groups excluding carboxylic acids is 3. The largest absolute Gasteiger partial charge is 0.507 e. The van der Waals surface area contributed by atoms with Crippen molar-refractivity contribution < 1.29 is 24.2 Å². The fourth-order valence-electron chi connectivity index (χ4n) is 1.55. The first-order valence-corrected chi connectivity index (χ1v) is 6.90. The highest BCUT2D eigenvalue weighted by Crippen LogP contribution is 2.18. The molecule has 1 aromatic rings. The molecule has 0 spiro atoms. The molecule has 3 N–H and O–H groups in total. The average molecular weight is 308 g/mol. The zero-order chi connectivity index (χ0) is 16.7. The molecule has 3 amide bonds. The molecule has 0 aliphatic rings. The number of nitrogens with one attached hydrogen (secondary N) is 2. The van der Waals surface area contributed by atoms with Gasteiger partial charge in [0.25, 0.3) is 5.91 Å². The molecular formula is C15H20N2O5. The van der Waals surface area contributed by atoms with Gasteiger partial charge in [0.2, 0.25) is 0 Å². The lowest BCUT2D eigenvalue weighted by Gasteiger charge is -2.12. The van der Waals surface area contributed by atoms with Crippen LogP contribution in [-0.2, 0) is 9.53 Å². The molecule has 7 heteroatoms. The fraction of sp³-hybridized carbons (Fsp3) is 0.400. The van der Waals surface area contributed by atoms with E-state index in [2.05, 4.69) is 5.32 Å². The Hall–Kier alpha value is -2.57. The highest BCUT2D eigenvalue weighted by atomic mass is 16.5. The molecule has 0 fully saturated rings. The minimum absolute atomic E-state index is 0.0307. The van der Waals surface area contributed by atoms with Crippen LogP contribution in [0.5, 0.6) is 5.75 Å². The maximum absolute atomic E-state index is 11.8. The average Bonchev–Trinajstić information content (AvgIpc) is 2.46. The van der Waals surface area contributed by atoms with Crippen LogP contribution in [0.2, 0.25) is 0 Å². The van der Waals surface area contributed by atoms with E-state index in [1.165, 1.54) is 12.1 Å². The third-order valence-corrected chi connectivity index (χ3v) is 2.95. The molecule has 0 saturated heterocycles. The van der Waals surface area contributed by atoms with E-state index in [1.807, 2.05) is 12.2 Å². The highest BCUT2D eigenvalue weighted by molar-refractivity contribution is 5.97. The molecule has 1 atom stereocenters. The highest BCUT2D eigenvalue weighted by Gasteiger charge is 2.16. The molecule has 1 aromatic carbocycles. The zero-order valence-corrected chi connectivity index (χ0v) is 12.8. The van der Waals surface area contributed by atoms with Crippen molar-refractivity contribution in [2.45, 2.75) is 33.2 Å². The molecule has 0 saturated carbocycles. The van der Waals surface area contributed by atoms with E-state index in [1.54, 1.807) is 19.9 Å². The van der Waals surface area contributed by atoms with Gasteiger partial charge in [0.1, 0.15) is 11.3 Å². The van der Waals surface area contributed by atoms with Crippen LogP contribution in [-0.4, -0.2) is 35.7 Å². The quantitative estimate of drug-likeness (QED) is 0.715. The molecule has 0 aliphatic heterocycles. The van der Waals surface area contributed by atoms with Crippen molar-refractivity contribution in [1.29, 1.82) is 0 Å². The van der Waals surface area contributed by atoms with Crippen LogP contribution in [0.25, 0.3) is 0 Å². The summed E-state index contributed by atoms with van der Waals surface area (Å²) in [5.74, 6) is -1.81. The number of esters is 1. The Morgan fingerprint density at radius 2 is 2.00 bits per heavy atom. The first-order chi connectivity index (χ1) is 10.3. The van der Waals surface area contributed by atoms with Crippen molar-refractivity contribution in [2.75, 3.05) is 6.61 Å². The molecule has 120 valence electrons. The van der Waals surface area contributed by atoms with Crippen LogP contribution in [0, 0.1) is 6.92 Å². The summed E-state index contributed by atoms with van der Waals surface area (Å²) < 4.78 is 4.77. The van der Waals surface area contributed by atoms with Gasteiger partial charge in [-0.05, 0) is 32.4 Å². The zero-order valence-electron chi connectivity index (χ0n) is 12.8. The Balaban J connectivity index is 2.48. The second kappa shape index (κ2) is 8.02. The first kappa shape index (κ1) is 17.5. The van der Waals surface area contributed by atoms with Crippen LogP contribution < -0.4 is 10.6 Å². The number of ether oxygens (including phenoxy) is 1. The van der Waals surface area contributed by atoms with Gasteiger partial charge >= 0.3 is 12.0 Å². The van der Waals surface area contributed by atoms with Crippen molar-refractivity contribution in [2.24, 2.45) is 0 Å². The monoisotopic (exact) mass is 308 g/mol. The molecule has 1 rings (SSSR count). The Labute approximate surface area is 128 Å². The molecule has 22 heavy (non-hydrogen) atoms. The fourth-order valence-corrected chi connectivity index (χ4v) is 1.55. The van der Waals surface area contributed by atoms with Crippen molar-refractivity contribution >= 4 is 17.9 Å². The Bertz CT molecular complexity index is 571. The molecule has 7 nitrogen and oxygen atoms in total. The summed E-state index contributed by atoms with van der Waals surface area (Å²) in [7, 11) is 0. The second-order valence-corrected chi connectivity index (χ2v) is 4.93. The number of phenolic OH excluding ortho intramolecular Hbond substituents is 1. The molecule has 0 aliphatic carbocycles. The van der Waals surface area contributed by atoms with Crippen molar-refractivity contribution in [3.8, 4) is 5.75 Å². The van der Waals surface area contributed by atoms with Gasteiger partial charge in [-0.15, -0.1) is 0 Å². The summed E-state index contributed by atoms with van der Waals surface area (Å²) in [6.45, 7) is 4.83. The molecule has 0 radical (unpaired) electrons. The van der Waals surface area contributed by atoms with E-state index in [9.17, 15) is 19.5 Å². The predicted molar refractivity (Wildman–Crippen MR) is 79.6 cm³/mol. The van der Waals surface area contributed by atoms with Gasteiger partial charge in [-0.2, -0.15) is 0 Å². The van der Waals surface area contributed by atoms with Gasteiger partial charge in [0.05, 0.1) is 0 Å². The first-order valence-electron chi connectivity index (χ1n) is 6.90. The number of carbonyl (C=O) groups is 3. The van der Waals surface area contributed by atoms with Gasteiger partial charge in [0, 0.05) is 6.04 Å². The third kappa shape index (κ3) is 5.43. The lowest BCUT2D eigenvalue weighted by molar-refractivity contribution is -0.123. The lowest BCUT2D eigenvalue weighted by Crippen LogP contribution is -2.44. The van der Waals surface area contributed by atoms with Gasteiger partial charge in [-0.1, -0.05) is 18.6 Å². The third-order valence-electron chi connectivity index (χ3n) is 2.95. The number of hydrogen-bond acceptors (Lipinski definition) is 5. The van der Waals surface area contributed by atoms with Crippen LogP contribution in [0.1, 0.15) is 36.2 Å². The van der Waals surface area contributed by atoms with E-state index < -0.39 is 24.5 Å². The van der Waals surface area contributed by atoms with Gasteiger partial charge < -0.3 is 15.2 Å². The number of benzene rings is 1. The van der Waals surface area contributed by atoms with Crippen LogP contribution in [0.15, 0.2) is 18.2 Å². The minimum atomic E-state index is -0.835. The van der Waals surface area contributed by atoms with Crippen LogP contribution in [0.4, 0.5) is 4.79 Å². The lowest BCUT2D eigenvalue weighted by atomic mass is 10.1. The number of aryl methyl sites for hydroxylation is 1. The van der Waals surface area contributed by atoms with Crippen LogP contribution >= 0.6 is 0 Å². The number of urea groups is 1. The number of phenols is 1. The Morgan fingerprint density at radius 1 is 1.32 bits per heavy atom. The topological polar surface area (TPSA) is 105 Å². The molecule has 0 unspecified atom stereocenters. The van der Waals surface area contributed by atoms with Crippen molar-refractivity contribution in [3.05, 3.63) is 29.3 Å². The Morgan fingerprint density at radius 3 is 2.64 bits per heavy atom. The van der Waals surface area contributed by atoms with Crippen molar-refractivity contribution in [1.82, 2.24) is 10.6 Å². The summed E-state index contributed by atoms with van der Waals surface area (Å²) in [4.78, 5) is 34.7. The van der Waals surface area contributed by atoms with E-state index >= 15 is 0 Å². The van der Waals surface area contributed by atoms with Crippen LogP contribution in [0.3, 0.4) is 0 Å². The van der Waals surface area contributed by atoms with E-state index in [4.69, 9.17) is 4.74 Å². The number of rotatable bonds is 5. The number of aromatic hydroxyl groups is 1. The van der Waals surface area contributed by atoms with Crippen molar-refractivity contribution in [3.63, 3.8) is 0 Å². The maximum Gasteiger partial charge on any atom is 0.342 e. The van der Waals surface area contributed by atoms with Gasteiger partial charge in [0.15, 0.2) is 6.61 Å². The molecule has 0 heterocycles. The molecule has 0 bridgehead atoms. The van der Waals surface area contributed by atoms with E-state index in [-0.39, 0.29) is 17.4 Å². The standard InChI is InChI=1S/C15H20N2O5/c1-4-10(3)16-15(21)17-13(19)8-22-14(20)11-7-9(2)5-6-12(11)18/h5-7,10,18H,4,8H2,1-3H3,(H2,16,17,19,21)/t10-/m0/s1. The second-order valence-electron chi connectivity index (χ2n) is 4.93. The summed E-state index contributed by atoms with van der Waals surface area (Å²) in [6.07, 6.45) is 0.725. The number of amides is 3. The van der Waals surface area contributed by atoms with Gasteiger partial charge in [-0.25, -0.2) is 9.59 Å². The summed E-state index contributed by atoms with van der Waals surface area (Å²) in [5, 5.41) is 14.2. The smallest absolute Gasteiger partial charge is 0.342 e. The van der Waals surface area contributed by atoms with E-state index in [0.29, 0.717) is 0 Å². The predicted octanol–water partition coefficient (Wildman–Crippen LogP) is 1.48. The summed E-state index contributed by atoms with van der Waals surface area (Å²) in [5.41, 5.74) is 0.735.